The molecule has 3 rings (SSSR count). The molecule has 0 amide bonds. The van der Waals surface area contributed by atoms with Gasteiger partial charge in [-0.1, -0.05) is 13.8 Å². The van der Waals surface area contributed by atoms with E-state index in [1.54, 1.807) is 0 Å². The molecule has 1 aliphatic heterocycles. The number of thioether (sulfide) groups is 2. The Balaban J connectivity index is 1.80. The maximum atomic E-state index is 10.3. The Hall–Kier alpha value is -0.0600. The largest absolute Gasteiger partial charge is 0.388 e. The van der Waals surface area contributed by atoms with Crippen molar-refractivity contribution in [2.45, 2.75) is 44.6 Å². The average molecular weight is 297 g/mol. The van der Waals surface area contributed by atoms with Crippen molar-refractivity contribution in [3.8, 4) is 0 Å². The Kier molecular flexibility index (Phi) is 3.93. The summed E-state index contributed by atoms with van der Waals surface area (Å²) >= 11 is 4.19. The van der Waals surface area contributed by atoms with Crippen LogP contribution >= 0.6 is 23.5 Å². The van der Waals surface area contributed by atoms with Crippen LogP contribution in [0.1, 0.15) is 37.6 Å². The van der Waals surface area contributed by atoms with Gasteiger partial charge in [-0.15, -0.1) is 0 Å². The number of hydrogen-bond acceptors (Lipinski definition) is 3. The highest BCUT2D eigenvalue weighted by Gasteiger charge is 2.33. The van der Waals surface area contributed by atoms with Crippen LogP contribution < -0.4 is 0 Å². The molecule has 2 nitrogen and oxygen atoms in total. The molecular formula is C15H23NOS2. The summed E-state index contributed by atoms with van der Waals surface area (Å²) in [5.41, 5.74) is 2.77. The lowest BCUT2D eigenvalue weighted by Crippen LogP contribution is -2.28. The van der Waals surface area contributed by atoms with Crippen LogP contribution in [-0.4, -0.2) is 32.2 Å². The van der Waals surface area contributed by atoms with Crippen molar-refractivity contribution in [3.05, 3.63) is 23.5 Å². The number of nitrogens with zero attached hydrogens (tertiary/aromatic N) is 1. The van der Waals surface area contributed by atoms with E-state index in [4.69, 9.17) is 0 Å². The van der Waals surface area contributed by atoms with E-state index in [9.17, 15) is 5.11 Å². The Bertz CT molecular complexity index is 449. The maximum Gasteiger partial charge on any atom is 0.0812 e. The summed E-state index contributed by atoms with van der Waals surface area (Å²) in [6, 6.07) is 2.13. The first-order chi connectivity index (χ1) is 9.05. The zero-order chi connectivity index (χ0) is 13.5. The fraction of sp³-hybridized carbons (Fsp3) is 0.733. The molecule has 2 unspecified atom stereocenters. The van der Waals surface area contributed by atoms with Crippen molar-refractivity contribution in [1.29, 1.82) is 0 Å². The third-order valence-corrected chi connectivity index (χ3v) is 6.98. The van der Waals surface area contributed by atoms with Gasteiger partial charge in [-0.3, -0.25) is 0 Å². The van der Waals surface area contributed by atoms with Gasteiger partial charge in [-0.2, -0.15) is 23.5 Å². The van der Waals surface area contributed by atoms with Gasteiger partial charge in [0.15, 0.2) is 0 Å². The molecule has 0 bridgehead atoms. The molecular weight excluding hydrogens is 274 g/mol. The van der Waals surface area contributed by atoms with E-state index in [1.165, 1.54) is 28.5 Å². The van der Waals surface area contributed by atoms with Gasteiger partial charge >= 0.3 is 0 Å². The van der Waals surface area contributed by atoms with Gasteiger partial charge in [0, 0.05) is 46.5 Å². The highest BCUT2D eigenvalue weighted by molar-refractivity contribution is 8.06. The SMILES string of the molecule is CC1(C)Cc2c(ccn2CC2CSCCS2)C(O)C1. The van der Waals surface area contributed by atoms with Crippen molar-refractivity contribution in [3.63, 3.8) is 0 Å². The number of rotatable bonds is 2. The molecule has 4 heteroatoms. The van der Waals surface area contributed by atoms with Crippen LogP contribution in [-0.2, 0) is 13.0 Å². The van der Waals surface area contributed by atoms with Gasteiger partial charge in [0.2, 0.25) is 0 Å². The molecule has 19 heavy (non-hydrogen) atoms. The standard InChI is InChI=1S/C15H23NOS2/c1-15(2)7-13-12(14(17)8-15)3-4-16(13)9-11-10-18-5-6-19-11/h3-4,11,14,17H,5-10H2,1-2H3. The zero-order valence-corrected chi connectivity index (χ0v) is 13.4. The lowest BCUT2D eigenvalue weighted by atomic mass is 9.75. The second-order valence-electron chi connectivity index (χ2n) is 6.50. The van der Waals surface area contributed by atoms with Crippen molar-refractivity contribution in [2.75, 3.05) is 17.3 Å². The first-order valence-corrected chi connectivity index (χ1v) is 9.31. The van der Waals surface area contributed by atoms with Gasteiger partial charge in [0.05, 0.1) is 6.10 Å². The Labute approximate surface area is 124 Å². The topological polar surface area (TPSA) is 25.2 Å². The summed E-state index contributed by atoms with van der Waals surface area (Å²) in [5, 5.41) is 11.0. The maximum absolute atomic E-state index is 10.3. The molecule has 0 radical (unpaired) electrons. The molecule has 1 fully saturated rings. The van der Waals surface area contributed by atoms with Crippen LogP contribution in [0.3, 0.4) is 0 Å². The van der Waals surface area contributed by atoms with Crippen LogP contribution in [0.5, 0.6) is 0 Å². The predicted octanol–water partition coefficient (Wildman–Crippen LogP) is 3.34. The molecule has 1 aromatic rings. The molecule has 106 valence electrons. The normalized spacial score (nSPS) is 30.1. The molecule has 2 aliphatic rings. The fourth-order valence-corrected chi connectivity index (χ4v) is 5.88. The van der Waals surface area contributed by atoms with Gasteiger partial charge in [-0.05, 0) is 24.3 Å². The second kappa shape index (κ2) is 5.38. The lowest BCUT2D eigenvalue weighted by Gasteiger charge is -2.34. The Morgan fingerprint density at radius 3 is 3.00 bits per heavy atom. The zero-order valence-electron chi connectivity index (χ0n) is 11.8. The van der Waals surface area contributed by atoms with Crippen molar-refractivity contribution in [1.82, 2.24) is 4.57 Å². The lowest BCUT2D eigenvalue weighted by molar-refractivity contribution is 0.0979. The van der Waals surface area contributed by atoms with Gasteiger partial charge in [-0.25, -0.2) is 0 Å². The van der Waals surface area contributed by atoms with E-state index in [2.05, 4.69) is 54.2 Å². The molecule has 0 aromatic carbocycles. The summed E-state index contributed by atoms with van der Waals surface area (Å²) in [5.74, 6) is 3.85. The molecule has 2 atom stereocenters. The predicted molar refractivity (Wildman–Crippen MR) is 85.1 cm³/mol. The summed E-state index contributed by atoms with van der Waals surface area (Å²) < 4.78 is 2.41. The second-order valence-corrected chi connectivity index (χ2v) is 9.06. The van der Waals surface area contributed by atoms with Crippen LogP contribution in [0.15, 0.2) is 12.3 Å². The highest BCUT2D eigenvalue weighted by Crippen LogP contribution is 2.41. The number of aliphatic hydroxyl groups excluding tert-OH is 1. The average Bonchev–Trinajstić information content (AvgIpc) is 2.72. The fourth-order valence-electron chi connectivity index (χ4n) is 3.22. The first-order valence-electron chi connectivity index (χ1n) is 7.10. The number of hydrogen-bond donors (Lipinski definition) is 1. The van der Waals surface area contributed by atoms with E-state index in [0.717, 1.165) is 24.6 Å². The van der Waals surface area contributed by atoms with Gasteiger partial charge < -0.3 is 9.67 Å². The Morgan fingerprint density at radius 1 is 1.42 bits per heavy atom. The first kappa shape index (κ1) is 13.9. The van der Waals surface area contributed by atoms with Crippen LogP contribution in [0.25, 0.3) is 0 Å². The molecule has 1 saturated heterocycles. The highest BCUT2D eigenvalue weighted by atomic mass is 32.2. The van der Waals surface area contributed by atoms with Crippen LogP contribution in [0, 0.1) is 5.41 Å². The minimum Gasteiger partial charge on any atom is -0.388 e. The van der Waals surface area contributed by atoms with Crippen molar-refractivity contribution >= 4 is 23.5 Å². The van der Waals surface area contributed by atoms with Gasteiger partial charge in [0.25, 0.3) is 0 Å². The van der Waals surface area contributed by atoms with Crippen molar-refractivity contribution in [2.24, 2.45) is 5.41 Å². The van der Waals surface area contributed by atoms with E-state index in [1.807, 2.05) is 0 Å². The molecule has 1 aliphatic carbocycles. The molecule has 0 spiro atoms. The summed E-state index contributed by atoms with van der Waals surface area (Å²) in [4.78, 5) is 0. The molecule has 1 aromatic heterocycles. The minimum atomic E-state index is -0.270. The number of aromatic nitrogens is 1. The third-order valence-electron chi connectivity index (χ3n) is 4.15. The summed E-state index contributed by atoms with van der Waals surface area (Å²) in [7, 11) is 0. The quantitative estimate of drug-likeness (QED) is 0.906. The van der Waals surface area contributed by atoms with Crippen molar-refractivity contribution < 1.29 is 5.11 Å². The molecule has 0 saturated carbocycles. The van der Waals surface area contributed by atoms with Gasteiger partial charge in [0.1, 0.15) is 0 Å². The monoisotopic (exact) mass is 297 g/mol. The van der Waals surface area contributed by atoms with E-state index < -0.39 is 0 Å². The Morgan fingerprint density at radius 2 is 2.26 bits per heavy atom. The van der Waals surface area contributed by atoms with Crippen LogP contribution in [0.4, 0.5) is 0 Å². The van der Waals surface area contributed by atoms with Crippen LogP contribution in [0.2, 0.25) is 0 Å². The summed E-state index contributed by atoms with van der Waals surface area (Å²) in [6.45, 7) is 5.64. The minimum absolute atomic E-state index is 0.219. The third kappa shape index (κ3) is 3.01. The number of aliphatic hydroxyl groups is 1. The number of fused-ring (bicyclic) bond motifs is 1. The van der Waals surface area contributed by atoms with E-state index in [0.29, 0.717) is 0 Å². The van der Waals surface area contributed by atoms with E-state index >= 15 is 0 Å². The van der Waals surface area contributed by atoms with E-state index in [-0.39, 0.29) is 11.5 Å². The molecule has 2 heterocycles. The smallest absolute Gasteiger partial charge is 0.0812 e. The molecule has 1 N–H and O–H groups in total. The summed E-state index contributed by atoms with van der Waals surface area (Å²) in [6.07, 6.45) is 3.90.